The molecule has 1 aromatic rings. The molecule has 16 heavy (non-hydrogen) atoms. The molecule has 0 aliphatic heterocycles. The fourth-order valence-corrected chi connectivity index (χ4v) is 2.41. The van der Waals surface area contributed by atoms with E-state index in [1.807, 2.05) is 0 Å². The van der Waals surface area contributed by atoms with Gasteiger partial charge in [-0.3, -0.25) is 0 Å². The van der Waals surface area contributed by atoms with Crippen molar-refractivity contribution < 1.29 is 0 Å². The molecule has 0 fully saturated rings. The molecule has 2 heteroatoms. The first-order chi connectivity index (χ1) is 7.75. The Morgan fingerprint density at radius 2 is 2.25 bits per heavy atom. The van der Waals surface area contributed by atoms with Crippen molar-refractivity contribution in [3.8, 4) is 0 Å². The van der Waals surface area contributed by atoms with E-state index in [1.54, 1.807) is 0 Å². The number of hydrogen-bond acceptors (Lipinski definition) is 1. The summed E-state index contributed by atoms with van der Waals surface area (Å²) in [5.41, 5.74) is 2.65. The molecule has 86 valence electrons. The molecule has 1 atom stereocenters. The van der Waals surface area contributed by atoms with E-state index in [4.69, 9.17) is 0 Å². The van der Waals surface area contributed by atoms with E-state index < -0.39 is 0 Å². The van der Waals surface area contributed by atoms with Crippen LogP contribution in [0.3, 0.4) is 0 Å². The molecule has 2 rings (SSSR count). The van der Waals surface area contributed by atoms with E-state index in [0.717, 1.165) is 6.54 Å². The number of benzene rings is 1. The van der Waals surface area contributed by atoms with Crippen LogP contribution >= 0.6 is 15.9 Å². The highest BCUT2D eigenvalue weighted by Gasteiger charge is 2.08. The van der Waals surface area contributed by atoms with Crippen LogP contribution in [0, 0.1) is 6.92 Å². The number of allylic oxidation sites excluding steroid dienone is 1. The summed E-state index contributed by atoms with van der Waals surface area (Å²) in [6.45, 7) is 3.09. The van der Waals surface area contributed by atoms with Crippen LogP contribution in [0.25, 0.3) is 0 Å². The second kappa shape index (κ2) is 5.65. The molecule has 1 N–H and O–H groups in total. The molecule has 1 aliphatic carbocycles. The van der Waals surface area contributed by atoms with Crippen LogP contribution in [0.5, 0.6) is 0 Å². The quantitative estimate of drug-likeness (QED) is 0.826. The average Bonchev–Trinajstić information content (AvgIpc) is 2.32. The molecule has 0 saturated carbocycles. The zero-order valence-electron chi connectivity index (χ0n) is 9.67. The maximum atomic E-state index is 3.61. The first-order valence-corrected chi connectivity index (χ1v) is 6.68. The number of rotatable bonds is 3. The SMILES string of the molecule is Cc1ccc(CNC2CC=CCC2)cc1Br. The van der Waals surface area contributed by atoms with Crippen molar-refractivity contribution in [1.29, 1.82) is 0 Å². The number of hydrogen-bond donors (Lipinski definition) is 1. The number of nitrogens with one attached hydrogen (secondary N) is 1. The Morgan fingerprint density at radius 1 is 1.38 bits per heavy atom. The maximum absolute atomic E-state index is 3.61. The minimum atomic E-state index is 0.657. The van der Waals surface area contributed by atoms with Gasteiger partial charge in [0.05, 0.1) is 0 Å². The van der Waals surface area contributed by atoms with Gasteiger partial charge in [-0.2, -0.15) is 0 Å². The predicted molar refractivity (Wildman–Crippen MR) is 72.5 cm³/mol. The van der Waals surface area contributed by atoms with E-state index in [9.17, 15) is 0 Å². The molecule has 1 nitrogen and oxygen atoms in total. The molecule has 0 spiro atoms. The van der Waals surface area contributed by atoms with Crippen LogP contribution in [-0.4, -0.2) is 6.04 Å². The lowest BCUT2D eigenvalue weighted by atomic mass is 10.0. The summed E-state index contributed by atoms with van der Waals surface area (Å²) in [7, 11) is 0. The fraction of sp³-hybridized carbons (Fsp3) is 0.429. The summed E-state index contributed by atoms with van der Waals surface area (Å²) in [4.78, 5) is 0. The minimum absolute atomic E-state index is 0.657. The van der Waals surface area contributed by atoms with Crippen LogP contribution in [0.2, 0.25) is 0 Å². The van der Waals surface area contributed by atoms with Gasteiger partial charge in [0.25, 0.3) is 0 Å². The summed E-state index contributed by atoms with van der Waals surface area (Å²) in [6, 6.07) is 7.24. The van der Waals surface area contributed by atoms with Gasteiger partial charge in [0.15, 0.2) is 0 Å². The molecule has 0 radical (unpaired) electrons. The summed E-state index contributed by atoms with van der Waals surface area (Å²) < 4.78 is 1.20. The van der Waals surface area contributed by atoms with E-state index in [2.05, 4.69) is 58.5 Å². The van der Waals surface area contributed by atoms with Crippen molar-refractivity contribution >= 4 is 15.9 Å². The van der Waals surface area contributed by atoms with Crippen LogP contribution in [0.4, 0.5) is 0 Å². The highest BCUT2D eigenvalue weighted by atomic mass is 79.9. The van der Waals surface area contributed by atoms with Gasteiger partial charge >= 0.3 is 0 Å². The smallest absolute Gasteiger partial charge is 0.0208 e. The second-order valence-corrected chi connectivity index (χ2v) is 5.30. The Labute approximate surface area is 106 Å². The lowest BCUT2D eigenvalue weighted by Gasteiger charge is -2.19. The summed E-state index contributed by atoms with van der Waals surface area (Å²) >= 11 is 3.57. The predicted octanol–water partition coefficient (Wildman–Crippen LogP) is 3.96. The maximum Gasteiger partial charge on any atom is 0.0208 e. The molecule has 1 unspecified atom stereocenters. The van der Waals surface area contributed by atoms with Crippen molar-refractivity contribution in [3.05, 3.63) is 46.0 Å². The van der Waals surface area contributed by atoms with Crippen molar-refractivity contribution in [2.24, 2.45) is 0 Å². The normalized spacial score (nSPS) is 20.0. The third-order valence-electron chi connectivity index (χ3n) is 3.10. The van der Waals surface area contributed by atoms with Crippen molar-refractivity contribution in [1.82, 2.24) is 5.32 Å². The van der Waals surface area contributed by atoms with Crippen LogP contribution in [0.15, 0.2) is 34.8 Å². The van der Waals surface area contributed by atoms with Gasteiger partial charge in [0, 0.05) is 17.1 Å². The lowest BCUT2D eigenvalue weighted by Crippen LogP contribution is -2.29. The van der Waals surface area contributed by atoms with Gasteiger partial charge in [-0.15, -0.1) is 0 Å². The highest BCUT2D eigenvalue weighted by Crippen LogP contribution is 2.18. The fourth-order valence-electron chi connectivity index (χ4n) is 1.99. The van der Waals surface area contributed by atoms with E-state index >= 15 is 0 Å². The molecule has 1 aromatic carbocycles. The third kappa shape index (κ3) is 3.19. The Balaban J connectivity index is 1.89. The zero-order chi connectivity index (χ0) is 11.4. The van der Waals surface area contributed by atoms with Crippen LogP contribution in [-0.2, 0) is 6.54 Å². The Hall–Kier alpha value is -0.600. The van der Waals surface area contributed by atoms with Gasteiger partial charge in [0.1, 0.15) is 0 Å². The van der Waals surface area contributed by atoms with E-state index in [-0.39, 0.29) is 0 Å². The van der Waals surface area contributed by atoms with Crippen LogP contribution < -0.4 is 5.32 Å². The van der Waals surface area contributed by atoms with E-state index in [1.165, 1.54) is 34.9 Å². The van der Waals surface area contributed by atoms with Gasteiger partial charge in [-0.25, -0.2) is 0 Å². The van der Waals surface area contributed by atoms with Gasteiger partial charge in [0.2, 0.25) is 0 Å². The first-order valence-electron chi connectivity index (χ1n) is 5.89. The summed E-state index contributed by atoms with van der Waals surface area (Å²) in [5, 5.41) is 3.61. The molecule has 0 bridgehead atoms. The Morgan fingerprint density at radius 3 is 2.94 bits per heavy atom. The summed E-state index contributed by atoms with van der Waals surface area (Å²) in [6.07, 6.45) is 8.22. The zero-order valence-corrected chi connectivity index (χ0v) is 11.3. The average molecular weight is 280 g/mol. The molecular formula is C14H18BrN. The molecule has 0 aromatic heterocycles. The van der Waals surface area contributed by atoms with Gasteiger partial charge < -0.3 is 5.32 Å². The standard InChI is InChI=1S/C14H18BrN/c1-11-7-8-12(9-14(11)15)10-16-13-5-3-2-4-6-13/h2-3,7-9,13,16H,4-6,10H2,1H3. The Bertz CT molecular complexity index is 384. The van der Waals surface area contributed by atoms with E-state index in [0.29, 0.717) is 6.04 Å². The minimum Gasteiger partial charge on any atom is -0.310 e. The van der Waals surface area contributed by atoms with Crippen molar-refractivity contribution in [2.75, 3.05) is 0 Å². The molecular weight excluding hydrogens is 262 g/mol. The van der Waals surface area contributed by atoms with Crippen molar-refractivity contribution in [2.45, 2.75) is 38.8 Å². The Kier molecular flexibility index (Phi) is 4.19. The summed E-state index contributed by atoms with van der Waals surface area (Å²) in [5.74, 6) is 0. The number of aryl methyl sites for hydroxylation is 1. The molecule has 0 saturated heterocycles. The highest BCUT2D eigenvalue weighted by molar-refractivity contribution is 9.10. The third-order valence-corrected chi connectivity index (χ3v) is 3.95. The van der Waals surface area contributed by atoms with Crippen LogP contribution in [0.1, 0.15) is 30.4 Å². The lowest BCUT2D eigenvalue weighted by molar-refractivity contribution is 0.474. The topological polar surface area (TPSA) is 12.0 Å². The van der Waals surface area contributed by atoms with Gasteiger partial charge in [-0.1, -0.05) is 40.2 Å². The molecule has 0 amide bonds. The largest absolute Gasteiger partial charge is 0.310 e. The second-order valence-electron chi connectivity index (χ2n) is 4.45. The monoisotopic (exact) mass is 279 g/mol. The van der Waals surface area contributed by atoms with Gasteiger partial charge in [-0.05, 0) is 43.4 Å². The van der Waals surface area contributed by atoms with Crippen molar-refractivity contribution in [3.63, 3.8) is 0 Å². The molecule has 0 heterocycles. The number of halogens is 1. The first kappa shape index (κ1) is 11.9. The molecule has 1 aliphatic rings.